The van der Waals surface area contributed by atoms with E-state index in [0.717, 1.165) is 38.2 Å². The molecule has 1 atom stereocenters. The summed E-state index contributed by atoms with van der Waals surface area (Å²) in [7, 11) is 0. The van der Waals surface area contributed by atoms with Crippen molar-refractivity contribution in [1.29, 1.82) is 0 Å². The summed E-state index contributed by atoms with van der Waals surface area (Å²) in [6, 6.07) is 4.67. The average molecular weight is 441 g/mol. The third-order valence-corrected chi connectivity index (χ3v) is 6.67. The van der Waals surface area contributed by atoms with Gasteiger partial charge in [-0.2, -0.15) is 0 Å². The molecule has 1 fully saturated rings. The van der Waals surface area contributed by atoms with Crippen molar-refractivity contribution in [1.82, 2.24) is 14.8 Å². The Morgan fingerprint density at radius 1 is 1.26 bits per heavy atom. The zero-order valence-electron chi connectivity index (χ0n) is 18.0. The summed E-state index contributed by atoms with van der Waals surface area (Å²) in [5.74, 6) is -0.228. The molecule has 1 aromatic heterocycles. The Balaban J connectivity index is 1.41. The zero-order valence-corrected chi connectivity index (χ0v) is 18.8. The van der Waals surface area contributed by atoms with Crippen LogP contribution >= 0.6 is 11.3 Å². The number of nitrogens with zero attached hydrogens (tertiary/aromatic N) is 3. The third kappa shape index (κ3) is 4.70. The summed E-state index contributed by atoms with van der Waals surface area (Å²) in [6.07, 6.45) is 4.15. The molecule has 2 aliphatic heterocycles. The first kappa shape index (κ1) is 21.6. The van der Waals surface area contributed by atoms with Crippen LogP contribution in [-0.4, -0.2) is 52.1 Å². The van der Waals surface area contributed by atoms with Gasteiger partial charge in [-0.1, -0.05) is 20.3 Å². The number of anilines is 1. The standard InChI is InChI=1S/C23H28N4O3S/c1-3-4-10-27-21(29)18-8-7-16(11-19(18)22(27)30)20(28)25-23-24-17(14-31-23)13-26-9-5-6-15(2)12-26/h7-8,11,14-15H,3-6,9-10,12-13H2,1-2H3,(H,24,25,28). The topological polar surface area (TPSA) is 82.6 Å². The molecule has 2 aromatic rings. The van der Waals surface area contributed by atoms with E-state index in [2.05, 4.69) is 22.1 Å². The number of nitrogens with one attached hydrogen (secondary N) is 1. The number of benzene rings is 1. The number of amides is 3. The Bertz CT molecular complexity index is 1000. The molecule has 0 radical (unpaired) electrons. The van der Waals surface area contributed by atoms with Crippen molar-refractivity contribution >= 4 is 34.2 Å². The van der Waals surface area contributed by atoms with Crippen molar-refractivity contribution in [2.45, 2.75) is 46.1 Å². The Labute approximate surface area is 186 Å². The molecule has 31 heavy (non-hydrogen) atoms. The second-order valence-corrected chi connectivity index (χ2v) is 9.31. The highest BCUT2D eigenvalue weighted by Crippen LogP contribution is 2.26. The number of unbranched alkanes of at least 4 members (excludes halogenated alkanes) is 1. The molecule has 1 aromatic carbocycles. The van der Waals surface area contributed by atoms with Gasteiger partial charge in [0.2, 0.25) is 0 Å². The maximum atomic E-state index is 12.7. The van der Waals surface area contributed by atoms with Gasteiger partial charge >= 0.3 is 0 Å². The van der Waals surface area contributed by atoms with E-state index in [1.165, 1.54) is 35.1 Å². The van der Waals surface area contributed by atoms with Crippen molar-refractivity contribution in [3.63, 3.8) is 0 Å². The number of thiazole rings is 1. The molecule has 8 heteroatoms. The van der Waals surface area contributed by atoms with Crippen molar-refractivity contribution in [2.75, 3.05) is 25.0 Å². The van der Waals surface area contributed by atoms with Gasteiger partial charge in [0, 0.05) is 30.6 Å². The Morgan fingerprint density at radius 3 is 2.84 bits per heavy atom. The first-order chi connectivity index (χ1) is 15.0. The van der Waals surface area contributed by atoms with Gasteiger partial charge in [-0.25, -0.2) is 4.98 Å². The number of carbonyl (C=O) groups excluding carboxylic acids is 3. The summed E-state index contributed by atoms with van der Waals surface area (Å²) < 4.78 is 0. The minimum Gasteiger partial charge on any atom is -0.298 e. The minimum atomic E-state index is -0.331. The SMILES string of the molecule is CCCCN1C(=O)c2ccc(C(=O)Nc3nc(CN4CCCC(C)C4)cs3)cc2C1=O. The molecule has 3 heterocycles. The lowest BCUT2D eigenvalue weighted by Gasteiger charge is -2.30. The number of fused-ring (bicyclic) bond motifs is 1. The van der Waals surface area contributed by atoms with E-state index in [-0.39, 0.29) is 17.7 Å². The predicted molar refractivity (Wildman–Crippen MR) is 120 cm³/mol. The van der Waals surface area contributed by atoms with Crippen LogP contribution < -0.4 is 5.32 Å². The minimum absolute atomic E-state index is 0.281. The van der Waals surface area contributed by atoms with Crippen LogP contribution in [0.25, 0.3) is 0 Å². The second kappa shape index (κ2) is 9.28. The molecule has 0 aliphatic carbocycles. The van der Waals surface area contributed by atoms with Crippen LogP contribution in [0.2, 0.25) is 0 Å². The normalized spacial score (nSPS) is 19.0. The maximum absolute atomic E-state index is 12.7. The van der Waals surface area contributed by atoms with Crippen LogP contribution in [0, 0.1) is 5.92 Å². The van der Waals surface area contributed by atoms with Gasteiger partial charge in [-0.3, -0.25) is 29.5 Å². The molecule has 3 amide bonds. The van der Waals surface area contributed by atoms with Gasteiger partial charge in [0.25, 0.3) is 17.7 Å². The largest absolute Gasteiger partial charge is 0.298 e. The molecule has 1 unspecified atom stereocenters. The van der Waals surface area contributed by atoms with Gasteiger partial charge in [-0.05, 0) is 49.9 Å². The fourth-order valence-electron chi connectivity index (χ4n) is 4.22. The lowest BCUT2D eigenvalue weighted by molar-refractivity contribution is 0.0652. The van der Waals surface area contributed by atoms with Gasteiger partial charge in [0.15, 0.2) is 5.13 Å². The second-order valence-electron chi connectivity index (χ2n) is 8.46. The van der Waals surface area contributed by atoms with Crippen LogP contribution in [0.4, 0.5) is 5.13 Å². The van der Waals surface area contributed by atoms with Crippen LogP contribution in [0.3, 0.4) is 0 Å². The van der Waals surface area contributed by atoms with E-state index in [1.807, 2.05) is 12.3 Å². The fraction of sp³-hybridized carbons (Fsp3) is 0.478. The lowest BCUT2D eigenvalue weighted by Crippen LogP contribution is -2.33. The Morgan fingerprint density at radius 2 is 2.06 bits per heavy atom. The van der Waals surface area contributed by atoms with Crippen molar-refractivity contribution in [3.8, 4) is 0 Å². The van der Waals surface area contributed by atoms with E-state index < -0.39 is 0 Å². The van der Waals surface area contributed by atoms with Gasteiger partial charge in [0.1, 0.15) is 0 Å². The van der Waals surface area contributed by atoms with Crippen LogP contribution in [0.15, 0.2) is 23.6 Å². The van der Waals surface area contributed by atoms with Crippen molar-refractivity contribution in [3.05, 3.63) is 46.0 Å². The first-order valence-electron chi connectivity index (χ1n) is 10.9. The number of carbonyl (C=O) groups is 3. The molecular formula is C23H28N4O3S. The summed E-state index contributed by atoms with van der Waals surface area (Å²) in [4.78, 5) is 46.0. The third-order valence-electron chi connectivity index (χ3n) is 5.87. The first-order valence-corrected chi connectivity index (χ1v) is 11.8. The molecule has 7 nitrogen and oxygen atoms in total. The van der Waals surface area contributed by atoms with E-state index >= 15 is 0 Å². The average Bonchev–Trinajstić information content (AvgIpc) is 3.28. The molecule has 0 saturated carbocycles. The molecule has 1 N–H and O–H groups in total. The summed E-state index contributed by atoms with van der Waals surface area (Å²) in [6.45, 7) is 7.65. The number of hydrogen-bond acceptors (Lipinski definition) is 6. The van der Waals surface area contributed by atoms with E-state index in [4.69, 9.17) is 0 Å². The number of hydrogen-bond donors (Lipinski definition) is 1. The van der Waals surface area contributed by atoms with E-state index in [0.29, 0.717) is 34.3 Å². The summed E-state index contributed by atoms with van der Waals surface area (Å²) in [5, 5.41) is 5.34. The van der Waals surface area contributed by atoms with Crippen molar-refractivity contribution < 1.29 is 14.4 Å². The Hall–Kier alpha value is -2.58. The maximum Gasteiger partial charge on any atom is 0.261 e. The fourth-order valence-corrected chi connectivity index (χ4v) is 4.91. The van der Waals surface area contributed by atoms with Crippen LogP contribution in [-0.2, 0) is 6.54 Å². The predicted octanol–water partition coefficient (Wildman–Crippen LogP) is 4.02. The molecule has 164 valence electrons. The summed E-state index contributed by atoms with van der Waals surface area (Å²) in [5.41, 5.74) is 1.97. The van der Waals surface area contributed by atoms with Crippen molar-refractivity contribution in [2.24, 2.45) is 5.92 Å². The molecule has 0 spiro atoms. The van der Waals surface area contributed by atoms with Crippen LogP contribution in [0.5, 0.6) is 0 Å². The molecule has 0 bridgehead atoms. The quantitative estimate of drug-likeness (QED) is 0.658. The number of likely N-dealkylation sites (tertiary alicyclic amines) is 1. The number of aromatic nitrogens is 1. The number of imide groups is 1. The molecule has 1 saturated heterocycles. The number of piperidine rings is 1. The number of rotatable bonds is 7. The smallest absolute Gasteiger partial charge is 0.261 e. The van der Waals surface area contributed by atoms with Gasteiger partial charge in [-0.15, -0.1) is 11.3 Å². The molecule has 2 aliphatic rings. The molecular weight excluding hydrogens is 412 g/mol. The highest BCUT2D eigenvalue weighted by Gasteiger charge is 2.35. The zero-order chi connectivity index (χ0) is 22.0. The Kier molecular flexibility index (Phi) is 6.48. The van der Waals surface area contributed by atoms with Gasteiger partial charge in [0.05, 0.1) is 16.8 Å². The lowest BCUT2D eigenvalue weighted by atomic mass is 10.0. The van der Waals surface area contributed by atoms with E-state index in [1.54, 1.807) is 12.1 Å². The van der Waals surface area contributed by atoms with Crippen LogP contribution in [0.1, 0.15) is 76.3 Å². The molecule has 4 rings (SSSR count). The summed E-state index contributed by atoms with van der Waals surface area (Å²) >= 11 is 1.40. The van der Waals surface area contributed by atoms with Gasteiger partial charge < -0.3 is 0 Å². The highest BCUT2D eigenvalue weighted by molar-refractivity contribution is 7.14. The highest BCUT2D eigenvalue weighted by atomic mass is 32.1. The van der Waals surface area contributed by atoms with E-state index in [9.17, 15) is 14.4 Å². The monoisotopic (exact) mass is 440 g/mol.